The first-order valence-electron chi connectivity index (χ1n) is 6.15. The molecule has 0 radical (unpaired) electrons. The highest BCUT2D eigenvalue weighted by Gasteiger charge is 2.19. The highest BCUT2D eigenvalue weighted by molar-refractivity contribution is 7.13. The first-order valence-corrected chi connectivity index (χ1v) is 7.41. The SMILES string of the molecule is COc1ccsc1-c1nc(Cl)c2cc3c(cc2n1)OCO3. The molecule has 3 aromatic rings. The highest BCUT2D eigenvalue weighted by Crippen LogP contribution is 2.39. The van der Waals surface area contributed by atoms with Crippen LogP contribution in [0.4, 0.5) is 0 Å². The van der Waals surface area contributed by atoms with E-state index in [0.29, 0.717) is 28.0 Å². The van der Waals surface area contributed by atoms with Crippen LogP contribution in [0, 0.1) is 0 Å². The van der Waals surface area contributed by atoms with E-state index < -0.39 is 0 Å². The number of fused-ring (bicyclic) bond motifs is 2. The van der Waals surface area contributed by atoms with Crippen molar-refractivity contribution in [2.45, 2.75) is 0 Å². The fourth-order valence-electron chi connectivity index (χ4n) is 2.20. The Morgan fingerprint density at radius 1 is 1.24 bits per heavy atom. The molecule has 1 aromatic carbocycles. The molecule has 4 rings (SSSR count). The summed E-state index contributed by atoms with van der Waals surface area (Å²) in [6.45, 7) is 0.211. The average molecular weight is 321 g/mol. The van der Waals surface area contributed by atoms with Crippen LogP contribution in [-0.2, 0) is 0 Å². The minimum absolute atomic E-state index is 0.211. The lowest BCUT2D eigenvalue weighted by Crippen LogP contribution is -1.92. The molecule has 0 atom stereocenters. The van der Waals surface area contributed by atoms with Crippen molar-refractivity contribution >= 4 is 33.8 Å². The summed E-state index contributed by atoms with van der Waals surface area (Å²) < 4.78 is 16.0. The molecule has 0 saturated carbocycles. The Morgan fingerprint density at radius 3 is 2.86 bits per heavy atom. The zero-order chi connectivity index (χ0) is 14.4. The molecule has 1 aliphatic rings. The van der Waals surface area contributed by atoms with Crippen LogP contribution in [0.3, 0.4) is 0 Å². The van der Waals surface area contributed by atoms with Gasteiger partial charge >= 0.3 is 0 Å². The first kappa shape index (κ1) is 12.7. The number of rotatable bonds is 2. The maximum Gasteiger partial charge on any atom is 0.231 e. The topological polar surface area (TPSA) is 53.5 Å². The lowest BCUT2D eigenvalue weighted by atomic mass is 10.2. The van der Waals surface area contributed by atoms with E-state index in [4.69, 9.17) is 25.8 Å². The summed E-state index contributed by atoms with van der Waals surface area (Å²) >= 11 is 7.80. The van der Waals surface area contributed by atoms with Gasteiger partial charge in [0.2, 0.25) is 6.79 Å². The number of thiophene rings is 1. The number of benzene rings is 1. The summed E-state index contributed by atoms with van der Waals surface area (Å²) in [5, 5.41) is 3.04. The van der Waals surface area contributed by atoms with Gasteiger partial charge in [0.15, 0.2) is 17.3 Å². The van der Waals surface area contributed by atoms with E-state index in [0.717, 1.165) is 16.0 Å². The predicted octanol–water partition coefficient (Wildman–Crippen LogP) is 3.75. The number of hydrogen-bond donors (Lipinski definition) is 0. The van der Waals surface area contributed by atoms with E-state index in [2.05, 4.69) is 9.97 Å². The quantitative estimate of drug-likeness (QED) is 0.673. The molecule has 1 aliphatic heterocycles. The lowest BCUT2D eigenvalue weighted by Gasteiger charge is -2.06. The second-order valence-corrected chi connectivity index (χ2v) is 5.65. The molecule has 0 spiro atoms. The number of ether oxygens (including phenoxy) is 3. The fraction of sp³-hybridized carbons (Fsp3) is 0.143. The Kier molecular flexibility index (Phi) is 2.87. The van der Waals surface area contributed by atoms with Crippen molar-refractivity contribution in [1.82, 2.24) is 9.97 Å². The summed E-state index contributed by atoms with van der Waals surface area (Å²) in [5.74, 6) is 2.60. The minimum Gasteiger partial charge on any atom is -0.495 e. The zero-order valence-corrected chi connectivity index (χ0v) is 12.5. The molecule has 0 fully saturated rings. The molecule has 0 N–H and O–H groups in total. The maximum atomic E-state index is 6.29. The van der Waals surface area contributed by atoms with E-state index in [9.17, 15) is 0 Å². The predicted molar refractivity (Wildman–Crippen MR) is 80.5 cm³/mol. The van der Waals surface area contributed by atoms with Gasteiger partial charge in [0, 0.05) is 11.5 Å². The molecule has 0 unspecified atom stereocenters. The van der Waals surface area contributed by atoms with E-state index in [1.807, 2.05) is 17.5 Å². The molecule has 106 valence electrons. The fourth-order valence-corrected chi connectivity index (χ4v) is 3.23. The van der Waals surface area contributed by atoms with E-state index in [-0.39, 0.29) is 6.79 Å². The van der Waals surface area contributed by atoms with Crippen LogP contribution >= 0.6 is 22.9 Å². The largest absolute Gasteiger partial charge is 0.495 e. The minimum atomic E-state index is 0.211. The molecular weight excluding hydrogens is 312 g/mol. The van der Waals surface area contributed by atoms with Crippen LogP contribution in [0.5, 0.6) is 17.2 Å². The van der Waals surface area contributed by atoms with Crippen LogP contribution < -0.4 is 14.2 Å². The van der Waals surface area contributed by atoms with E-state index >= 15 is 0 Å². The van der Waals surface area contributed by atoms with Crippen molar-refractivity contribution in [2.75, 3.05) is 13.9 Å². The van der Waals surface area contributed by atoms with Gasteiger partial charge in [0.25, 0.3) is 0 Å². The number of aromatic nitrogens is 2. The number of hydrogen-bond acceptors (Lipinski definition) is 6. The number of halogens is 1. The molecule has 0 aliphatic carbocycles. The van der Waals surface area contributed by atoms with E-state index in [1.54, 1.807) is 13.2 Å². The molecular formula is C14H9ClN2O3S. The number of nitrogens with zero attached hydrogens (tertiary/aromatic N) is 2. The van der Waals surface area contributed by atoms with Crippen LogP contribution in [0.1, 0.15) is 0 Å². The summed E-state index contributed by atoms with van der Waals surface area (Å²) in [6, 6.07) is 5.49. The normalized spacial score (nSPS) is 12.9. The summed E-state index contributed by atoms with van der Waals surface area (Å²) in [6.07, 6.45) is 0. The van der Waals surface area contributed by atoms with Crippen LogP contribution in [-0.4, -0.2) is 23.9 Å². The third-order valence-electron chi connectivity index (χ3n) is 3.20. The van der Waals surface area contributed by atoms with Crippen molar-refractivity contribution in [3.8, 4) is 28.0 Å². The van der Waals surface area contributed by atoms with Crippen LogP contribution in [0.15, 0.2) is 23.6 Å². The van der Waals surface area contributed by atoms with Crippen molar-refractivity contribution in [2.24, 2.45) is 0 Å². The van der Waals surface area contributed by atoms with Gasteiger partial charge in [0.05, 0.1) is 12.6 Å². The molecule has 21 heavy (non-hydrogen) atoms. The Morgan fingerprint density at radius 2 is 2.05 bits per heavy atom. The maximum absolute atomic E-state index is 6.29. The van der Waals surface area contributed by atoms with Gasteiger partial charge in [0.1, 0.15) is 15.8 Å². The van der Waals surface area contributed by atoms with Crippen molar-refractivity contribution in [1.29, 1.82) is 0 Å². The Bertz CT molecular complexity index is 850. The van der Waals surface area contributed by atoms with Crippen molar-refractivity contribution < 1.29 is 14.2 Å². The van der Waals surface area contributed by atoms with Gasteiger partial charge in [-0.3, -0.25) is 0 Å². The molecule has 7 heteroatoms. The molecule has 0 saturated heterocycles. The van der Waals surface area contributed by atoms with Gasteiger partial charge < -0.3 is 14.2 Å². The molecule has 0 amide bonds. The van der Waals surface area contributed by atoms with Crippen LogP contribution in [0.2, 0.25) is 5.15 Å². The smallest absolute Gasteiger partial charge is 0.231 e. The molecule has 3 heterocycles. The second kappa shape index (κ2) is 4.75. The summed E-state index contributed by atoms with van der Waals surface area (Å²) in [5.41, 5.74) is 0.713. The monoisotopic (exact) mass is 320 g/mol. The standard InChI is InChI=1S/C14H9ClN2O3S/c1-18-9-2-3-21-12(9)14-16-8-5-11-10(19-6-20-11)4-7(8)13(15)17-14/h2-5H,6H2,1H3. The average Bonchev–Trinajstić information content (AvgIpc) is 3.13. The summed E-state index contributed by atoms with van der Waals surface area (Å²) in [7, 11) is 1.62. The highest BCUT2D eigenvalue weighted by atomic mass is 35.5. The van der Waals surface area contributed by atoms with Gasteiger partial charge in [-0.05, 0) is 17.5 Å². The van der Waals surface area contributed by atoms with Crippen molar-refractivity contribution in [3.63, 3.8) is 0 Å². The van der Waals surface area contributed by atoms with Crippen molar-refractivity contribution in [3.05, 3.63) is 28.7 Å². The summed E-state index contributed by atoms with van der Waals surface area (Å²) in [4.78, 5) is 9.78. The Balaban J connectivity index is 1.94. The van der Waals surface area contributed by atoms with Gasteiger partial charge in [-0.1, -0.05) is 11.6 Å². The zero-order valence-electron chi connectivity index (χ0n) is 10.9. The Hall–Kier alpha value is -2.05. The Labute approximate surface area is 129 Å². The second-order valence-electron chi connectivity index (χ2n) is 4.38. The third kappa shape index (κ3) is 1.99. The third-order valence-corrected chi connectivity index (χ3v) is 4.38. The van der Waals surface area contributed by atoms with Gasteiger partial charge in [-0.25, -0.2) is 9.97 Å². The molecule has 2 aromatic heterocycles. The van der Waals surface area contributed by atoms with Gasteiger partial charge in [-0.15, -0.1) is 11.3 Å². The molecule has 0 bridgehead atoms. The van der Waals surface area contributed by atoms with Gasteiger partial charge in [-0.2, -0.15) is 0 Å². The first-order chi connectivity index (χ1) is 10.3. The van der Waals surface area contributed by atoms with Crippen LogP contribution in [0.25, 0.3) is 21.6 Å². The molecule has 5 nitrogen and oxygen atoms in total. The van der Waals surface area contributed by atoms with E-state index in [1.165, 1.54) is 11.3 Å². The lowest BCUT2D eigenvalue weighted by molar-refractivity contribution is 0.174. The number of methoxy groups -OCH3 is 1.